The first-order valence-electron chi connectivity index (χ1n) is 6.26. The molecule has 0 aromatic heterocycles. The maximum absolute atomic E-state index is 5.43. The zero-order chi connectivity index (χ0) is 12.2. The first-order chi connectivity index (χ1) is 8.43. The molecule has 0 saturated carbocycles. The van der Waals surface area contributed by atoms with Gasteiger partial charge in [-0.25, -0.2) is 0 Å². The average molecular weight is 231 g/mol. The number of benzene rings is 1. The second-order valence-corrected chi connectivity index (χ2v) is 3.81. The zero-order valence-corrected chi connectivity index (χ0v) is 10.5. The smallest absolute Gasteiger partial charge is 0.0591 e. The summed E-state index contributed by atoms with van der Waals surface area (Å²) in [6.45, 7) is 5.39. The van der Waals surface area contributed by atoms with Crippen molar-refractivity contribution in [1.82, 2.24) is 5.32 Å². The van der Waals surface area contributed by atoms with Crippen LogP contribution in [0.2, 0.25) is 0 Å². The Balaban J connectivity index is 1.99. The van der Waals surface area contributed by atoms with Crippen molar-refractivity contribution in [1.29, 1.82) is 0 Å². The summed E-state index contributed by atoms with van der Waals surface area (Å²) in [5.41, 5.74) is 1.06. The lowest BCUT2D eigenvalue weighted by Crippen LogP contribution is -2.20. The molecule has 2 nitrogen and oxygen atoms in total. The van der Waals surface area contributed by atoms with E-state index < -0.39 is 0 Å². The van der Waals surface area contributed by atoms with Gasteiger partial charge in [0.15, 0.2) is 0 Å². The maximum Gasteiger partial charge on any atom is 0.0591 e. The quantitative estimate of drug-likeness (QED) is 0.575. The molecule has 0 heterocycles. The number of rotatable bonds is 7. The molecule has 0 aliphatic rings. The number of nitrogens with one attached hydrogen (secondary N) is 1. The molecule has 0 amide bonds. The molecule has 2 heteroatoms. The predicted molar refractivity (Wildman–Crippen MR) is 71.9 cm³/mol. The van der Waals surface area contributed by atoms with E-state index in [2.05, 4.69) is 24.1 Å². The highest BCUT2D eigenvalue weighted by atomic mass is 16.5. The molecule has 0 aliphatic heterocycles. The first kappa shape index (κ1) is 13.8. The lowest BCUT2D eigenvalue weighted by Gasteiger charge is -2.02. The molecule has 0 unspecified atom stereocenters. The molecular weight excluding hydrogens is 210 g/mol. The van der Waals surface area contributed by atoms with Crippen LogP contribution in [0.3, 0.4) is 0 Å². The molecule has 0 aliphatic carbocycles. The van der Waals surface area contributed by atoms with Crippen molar-refractivity contribution in [3.63, 3.8) is 0 Å². The van der Waals surface area contributed by atoms with Gasteiger partial charge in [-0.15, -0.1) is 0 Å². The Morgan fingerprint density at radius 1 is 1.18 bits per heavy atom. The number of hydrogen-bond donors (Lipinski definition) is 1. The van der Waals surface area contributed by atoms with Crippen LogP contribution >= 0.6 is 0 Å². The van der Waals surface area contributed by atoms with E-state index in [1.165, 1.54) is 6.42 Å². The summed E-state index contributed by atoms with van der Waals surface area (Å²) < 4.78 is 5.43. The second kappa shape index (κ2) is 9.89. The summed E-state index contributed by atoms with van der Waals surface area (Å²) in [4.78, 5) is 0. The highest BCUT2D eigenvalue weighted by molar-refractivity contribution is 5.33. The van der Waals surface area contributed by atoms with E-state index in [0.717, 1.165) is 31.7 Å². The van der Waals surface area contributed by atoms with Gasteiger partial charge in [0.05, 0.1) is 13.2 Å². The minimum absolute atomic E-state index is 0.714. The van der Waals surface area contributed by atoms with Gasteiger partial charge in [-0.05, 0) is 18.6 Å². The van der Waals surface area contributed by atoms with Gasteiger partial charge < -0.3 is 10.1 Å². The van der Waals surface area contributed by atoms with Gasteiger partial charge in [0.25, 0.3) is 0 Å². The molecule has 0 atom stereocenters. The van der Waals surface area contributed by atoms with E-state index in [0.29, 0.717) is 6.54 Å². The van der Waals surface area contributed by atoms with Crippen LogP contribution in [0.5, 0.6) is 0 Å². The van der Waals surface area contributed by atoms with Crippen LogP contribution in [-0.4, -0.2) is 26.3 Å². The van der Waals surface area contributed by atoms with Crippen molar-refractivity contribution in [3.05, 3.63) is 35.9 Å². The van der Waals surface area contributed by atoms with Crippen LogP contribution in [-0.2, 0) is 4.74 Å². The highest BCUT2D eigenvalue weighted by Gasteiger charge is 1.87. The van der Waals surface area contributed by atoms with E-state index in [1.807, 2.05) is 30.3 Å². The van der Waals surface area contributed by atoms with Crippen molar-refractivity contribution in [2.75, 3.05) is 26.3 Å². The molecule has 1 aromatic carbocycles. The third kappa shape index (κ3) is 7.57. The summed E-state index contributed by atoms with van der Waals surface area (Å²) in [6.07, 6.45) is 2.34. The number of unbranched alkanes of at least 4 members (excludes halogenated alkanes) is 1. The summed E-state index contributed by atoms with van der Waals surface area (Å²) in [7, 11) is 0. The Morgan fingerprint density at radius 2 is 2.00 bits per heavy atom. The lowest BCUT2D eigenvalue weighted by atomic mass is 10.2. The molecule has 1 N–H and O–H groups in total. The second-order valence-electron chi connectivity index (χ2n) is 3.81. The Hall–Kier alpha value is -1.30. The monoisotopic (exact) mass is 231 g/mol. The fourth-order valence-electron chi connectivity index (χ4n) is 1.31. The van der Waals surface area contributed by atoms with Crippen LogP contribution in [0, 0.1) is 11.8 Å². The molecule has 0 spiro atoms. The van der Waals surface area contributed by atoms with Crippen molar-refractivity contribution < 1.29 is 4.74 Å². The van der Waals surface area contributed by atoms with Crippen LogP contribution in [0.1, 0.15) is 25.3 Å². The predicted octanol–water partition coefficient (Wildman–Crippen LogP) is 2.44. The maximum atomic E-state index is 5.43. The first-order valence-corrected chi connectivity index (χ1v) is 6.26. The minimum Gasteiger partial charge on any atom is -0.380 e. The zero-order valence-electron chi connectivity index (χ0n) is 10.5. The molecule has 1 rings (SSSR count). The fourth-order valence-corrected chi connectivity index (χ4v) is 1.31. The van der Waals surface area contributed by atoms with Gasteiger partial charge in [0.2, 0.25) is 0 Å². The summed E-state index contributed by atoms with van der Waals surface area (Å²) in [5, 5.41) is 3.23. The van der Waals surface area contributed by atoms with E-state index in [9.17, 15) is 0 Å². The largest absolute Gasteiger partial charge is 0.380 e. The molecule has 0 radical (unpaired) electrons. The molecule has 17 heavy (non-hydrogen) atoms. The third-order valence-electron chi connectivity index (χ3n) is 2.29. The summed E-state index contributed by atoms with van der Waals surface area (Å²) in [6, 6.07) is 10.0. The van der Waals surface area contributed by atoms with E-state index in [1.54, 1.807) is 0 Å². The Bertz CT molecular complexity index is 337. The minimum atomic E-state index is 0.714. The van der Waals surface area contributed by atoms with Crippen molar-refractivity contribution >= 4 is 0 Å². The SMILES string of the molecule is CCCCOCCNCC#Cc1ccccc1. The van der Waals surface area contributed by atoms with Crippen molar-refractivity contribution in [2.24, 2.45) is 0 Å². The highest BCUT2D eigenvalue weighted by Crippen LogP contribution is 1.94. The van der Waals surface area contributed by atoms with Gasteiger partial charge >= 0.3 is 0 Å². The Labute approximate surface area is 104 Å². The third-order valence-corrected chi connectivity index (χ3v) is 2.29. The van der Waals surface area contributed by atoms with Crippen LogP contribution in [0.25, 0.3) is 0 Å². The average Bonchev–Trinajstić information content (AvgIpc) is 2.38. The normalized spacial score (nSPS) is 9.71. The van der Waals surface area contributed by atoms with Crippen LogP contribution in [0.15, 0.2) is 30.3 Å². The summed E-state index contributed by atoms with van der Waals surface area (Å²) in [5.74, 6) is 6.19. The van der Waals surface area contributed by atoms with Crippen LogP contribution in [0.4, 0.5) is 0 Å². The standard InChI is InChI=1S/C15H21NO/c1-2-3-13-17-14-12-16-11-7-10-15-8-5-4-6-9-15/h4-6,8-9,16H,2-3,11-14H2,1H3. The van der Waals surface area contributed by atoms with E-state index in [-0.39, 0.29) is 0 Å². The van der Waals surface area contributed by atoms with Gasteiger partial charge in [0, 0.05) is 18.7 Å². The van der Waals surface area contributed by atoms with Crippen molar-refractivity contribution in [2.45, 2.75) is 19.8 Å². The Kier molecular flexibility index (Phi) is 8.01. The van der Waals surface area contributed by atoms with Crippen molar-refractivity contribution in [3.8, 4) is 11.8 Å². The molecule has 92 valence electrons. The number of ether oxygens (including phenoxy) is 1. The molecule has 0 saturated heterocycles. The van der Waals surface area contributed by atoms with Crippen LogP contribution < -0.4 is 5.32 Å². The molecule has 0 bridgehead atoms. The lowest BCUT2D eigenvalue weighted by molar-refractivity contribution is 0.134. The summed E-state index contributed by atoms with van der Waals surface area (Å²) >= 11 is 0. The van der Waals surface area contributed by atoms with Gasteiger partial charge in [-0.1, -0.05) is 43.4 Å². The molecule has 0 fully saturated rings. The fraction of sp³-hybridized carbons (Fsp3) is 0.467. The van der Waals surface area contributed by atoms with Gasteiger partial charge in [-0.2, -0.15) is 0 Å². The van der Waals surface area contributed by atoms with E-state index in [4.69, 9.17) is 4.74 Å². The van der Waals surface area contributed by atoms with Gasteiger partial charge in [-0.3, -0.25) is 0 Å². The molecular formula is C15H21NO. The Morgan fingerprint density at radius 3 is 2.76 bits per heavy atom. The number of hydrogen-bond acceptors (Lipinski definition) is 2. The topological polar surface area (TPSA) is 21.3 Å². The molecule has 1 aromatic rings. The van der Waals surface area contributed by atoms with E-state index >= 15 is 0 Å². The van der Waals surface area contributed by atoms with Gasteiger partial charge in [0.1, 0.15) is 0 Å².